The van der Waals surface area contributed by atoms with Crippen LogP contribution in [0.2, 0.25) is 0 Å². The number of rotatable bonds is 2. The maximum atomic E-state index is 13.0. The normalized spacial score (nSPS) is 22.9. The van der Waals surface area contributed by atoms with Gasteiger partial charge in [-0.2, -0.15) is 13.2 Å². The van der Waals surface area contributed by atoms with E-state index < -0.39 is 29.7 Å². The molecule has 0 spiro atoms. The summed E-state index contributed by atoms with van der Waals surface area (Å²) in [5.41, 5.74) is 0.271. The Morgan fingerprint density at radius 2 is 1.90 bits per heavy atom. The summed E-state index contributed by atoms with van der Waals surface area (Å²) in [4.78, 5) is 12.1. The van der Waals surface area contributed by atoms with E-state index in [9.17, 15) is 22.4 Å². The second-order valence-electron chi connectivity index (χ2n) is 5.15. The minimum Gasteiger partial charge on any atom is -0.325 e. The van der Waals surface area contributed by atoms with E-state index >= 15 is 0 Å². The highest BCUT2D eigenvalue weighted by atomic mass is 79.9. The number of hydrogen-bond donors (Lipinski definition) is 1. The second-order valence-corrected chi connectivity index (χ2v) is 6.01. The summed E-state index contributed by atoms with van der Waals surface area (Å²) >= 11 is 3.08. The first kappa shape index (κ1) is 16.3. The van der Waals surface area contributed by atoms with Crippen LogP contribution in [0.15, 0.2) is 22.7 Å². The van der Waals surface area contributed by atoms with Crippen LogP contribution in [0.1, 0.15) is 25.7 Å². The Bertz CT molecular complexity index is 532. The third-order valence-corrected chi connectivity index (χ3v) is 4.37. The van der Waals surface area contributed by atoms with Gasteiger partial charge in [-0.25, -0.2) is 4.39 Å². The van der Waals surface area contributed by atoms with Crippen molar-refractivity contribution >= 4 is 27.5 Å². The summed E-state index contributed by atoms with van der Waals surface area (Å²) in [6.45, 7) is 0. The lowest BCUT2D eigenvalue weighted by Crippen LogP contribution is -2.39. The summed E-state index contributed by atoms with van der Waals surface area (Å²) in [5, 5.41) is 2.46. The molecule has 0 heterocycles. The van der Waals surface area contributed by atoms with Gasteiger partial charge in [-0.3, -0.25) is 4.79 Å². The van der Waals surface area contributed by atoms with Crippen LogP contribution in [0.5, 0.6) is 0 Å². The standard InChI is InChI=1S/C14H14BrF4NO/c15-11-7-8(16)5-6-12(11)20-13(21)9-3-1-2-4-10(9)14(17,18)19/h5-7,9-10H,1-4H2,(H,20,21). The average molecular weight is 368 g/mol. The summed E-state index contributed by atoms with van der Waals surface area (Å²) < 4.78 is 52.2. The van der Waals surface area contributed by atoms with E-state index in [-0.39, 0.29) is 18.5 Å². The average Bonchev–Trinajstić information content (AvgIpc) is 2.41. The number of carbonyl (C=O) groups is 1. The predicted molar refractivity (Wildman–Crippen MR) is 74.2 cm³/mol. The molecule has 0 radical (unpaired) electrons. The molecular weight excluding hydrogens is 354 g/mol. The lowest BCUT2D eigenvalue weighted by Gasteiger charge is -2.32. The van der Waals surface area contributed by atoms with Gasteiger partial charge in [0, 0.05) is 10.4 Å². The largest absolute Gasteiger partial charge is 0.392 e. The van der Waals surface area contributed by atoms with Crippen LogP contribution in [0.3, 0.4) is 0 Å². The molecule has 0 aliphatic heterocycles. The van der Waals surface area contributed by atoms with Gasteiger partial charge in [-0.15, -0.1) is 0 Å². The maximum Gasteiger partial charge on any atom is 0.392 e. The fourth-order valence-electron chi connectivity index (χ4n) is 2.65. The zero-order chi connectivity index (χ0) is 15.6. The molecule has 0 aromatic heterocycles. The Morgan fingerprint density at radius 3 is 2.52 bits per heavy atom. The molecule has 1 fully saturated rings. The van der Waals surface area contributed by atoms with E-state index in [1.165, 1.54) is 6.07 Å². The van der Waals surface area contributed by atoms with Crippen molar-refractivity contribution in [3.63, 3.8) is 0 Å². The van der Waals surface area contributed by atoms with Crippen molar-refractivity contribution in [1.29, 1.82) is 0 Å². The van der Waals surface area contributed by atoms with E-state index in [4.69, 9.17) is 0 Å². The van der Waals surface area contributed by atoms with Gasteiger partial charge in [-0.05, 0) is 47.0 Å². The molecule has 116 valence electrons. The first-order valence-electron chi connectivity index (χ1n) is 6.61. The fourth-order valence-corrected chi connectivity index (χ4v) is 3.10. The van der Waals surface area contributed by atoms with E-state index in [0.717, 1.165) is 12.1 Å². The van der Waals surface area contributed by atoms with Crippen molar-refractivity contribution < 1.29 is 22.4 Å². The summed E-state index contributed by atoms with van der Waals surface area (Å²) in [5.74, 6) is -3.85. The molecule has 7 heteroatoms. The van der Waals surface area contributed by atoms with Crippen LogP contribution in [0.4, 0.5) is 23.2 Å². The lowest BCUT2D eigenvalue weighted by atomic mass is 9.78. The van der Waals surface area contributed by atoms with E-state index in [2.05, 4.69) is 21.2 Å². The van der Waals surface area contributed by atoms with E-state index in [1.54, 1.807) is 0 Å². The number of alkyl halides is 3. The molecule has 1 aromatic rings. The van der Waals surface area contributed by atoms with Crippen molar-refractivity contribution in [1.82, 2.24) is 0 Å². The molecule has 1 amide bonds. The van der Waals surface area contributed by atoms with Gasteiger partial charge in [0.15, 0.2) is 0 Å². The van der Waals surface area contributed by atoms with Crippen LogP contribution in [0.25, 0.3) is 0 Å². The van der Waals surface area contributed by atoms with E-state index in [1.807, 2.05) is 0 Å². The summed E-state index contributed by atoms with van der Waals surface area (Å²) in [7, 11) is 0. The SMILES string of the molecule is O=C(Nc1ccc(F)cc1Br)C1CCCCC1C(F)(F)F. The predicted octanol–water partition coefficient (Wildman–Crippen LogP) is 4.90. The lowest BCUT2D eigenvalue weighted by molar-refractivity contribution is -0.197. The number of amides is 1. The Kier molecular flexibility index (Phi) is 4.91. The Morgan fingerprint density at radius 1 is 1.24 bits per heavy atom. The van der Waals surface area contributed by atoms with Crippen molar-refractivity contribution in [2.45, 2.75) is 31.9 Å². The van der Waals surface area contributed by atoms with Gasteiger partial charge < -0.3 is 5.32 Å². The number of benzene rings is 1. The molecule has 1 aliphatic carbocycles. The maximum absolute atomic E-state index is 13.0. The molecular formula is C14H14BrF4NO. The van der Waals surface area contributed by atoms with Crippen LogP contribution in [0, 0.1) is 17.7 Å². The number of halogens is 5. The number of hydrogen-bond acceptors (Lipinski definition) is 1. The zero-order valence-electron chi connectivity index (χ0n) is 11.0. The Labute approximate surface area is 128 Å². The van der Waals surface area contributed by atoms with Gasteiger partial charge >= 0.3 is 6.18 Å². The highest BCUT2D eigenvalue weighted by Gasteiger charge is 2.48. The Hall–Kier alpha value is -1.11. The highest BCUT2D eigenvalue weighted by molar-refractivity contribution is 9.10. The van der Waals surface area contributed by atoms with Crippen LogP contribution < -0.4 is 5.32 Å². The number of nitrogens with one attached hydrogen (secondary N) is 1. The van der Waals surface area contributed by atoms with Crippen LogP contribution >= 0.6 is 15.9 Å². The van der Waals surface area contributed by atoms with Crippen molar-refractivity contribution in [2.75, 3.05) is 5.32 Å². The third-order valence-electron chi connectivity index (χ3n) is 3.71. The first-order chi connectivity index (χ1) is 9.79. The first-order valence-corrected chi connectivity index (χ1v) is 7.41. The topological polar surface area (TPSA) is 29.1 Å². The van der Waals surface area contributed by atoms with Crippen molar-refractivity contribution in [2.24, 2.45) is 11.8 Å². The van der Waals surface area contributed by atoms with E-state index in [0.29, 0.717) is 17.3 Å². The minimum absolute atomic E-state index is 0.0217. The molecule has 2 unspecified atom stereocenters. The fraction of sp³-hybridized carbons (Fsp3) is 0.500. The molecule has 1 aromatic carbocycles. The third kappa shape index (κ3) is 3.96. The minimum atomic E-state index is -4.37. The molecule has 1 aliphatic rings. The van der Waals surface area contributed by atoms with Gasteiger partial charge in [0.05, 0.1) is 11.6 Å². The monoisotopic (exact) mass is 367 g/mol. The van der Waals surface area contributed by atoms with Crippen molar-refractivity contribution in [3.05, 3.63) is 28.5 Å². The molecule has 2 atom stereocenters. The van der Waals surface area contributed by atoms with Gasteiger partial charge in [0.1, 0.15) is 5.82 Å². The molecule has 0 bridgehead atoms. The number of carbonyl (C=O) groups excluding carboxylic acids is 1. The molecule has 1 saturated carbocycles. The van der Waals surface area contributed by atoms with Gasteiger partial charge in [0.25, 0.3) is 0 Å². The highest BCUT2D eigenvalue weighted by Crippen LogP contribution is 2.42. The van der Waals surface area contributed by atoms with Crippen LogP contribution in [-0.4, -0.2) is 12.1 Å². The Balaban J connectivity index is 2.14. The van der Waals surface area contributed by atoms with Crippen LogP contribution in [-0.2, 0) is 4.79 Å². The summed E-state index contributed by atoms with van der Waals surface area (Å²) in [6, 6.07) is 3.61. The molecule has 2 nitrogen and oxygen atoms in total. The zero-order valence-corrected chi connectivity index (χ0v) is 12.6. The summed E-state index contributed by atoms with van der Waals surface area (Å²) in [6.07, 6.45) is -3.09. The van der Waals surface area contributed by atoms with Gasteiger partial charge in [0.2, 0.25) is 5.91 Å². The molecule has 1 N–H and O–H groups in total. The molecule has 0 saturated heterocycles. The molecule has 21 heavy (non-hydrogen) atoms. The number of anilines is 1. The molecule has 2 rings (SSSR count). The quantitative estimate of drug-likeness (QED) is 0.740. The van der Waals surface area contributed by atoms with Crippen molar-refractivity contribution in [3.8, 4) is 0 Å². The van der Waals surface area contributed by atoms with Gasteiger partial charge in [-0.1, -0.05) is 12.8 Å². The smallest absolute Gasteiger partial charge is 0.325 e. The second kappa shape index (κ2) is 6.34.